The number of halogens is 4. The van der Waals surface area contributed by atoms with Crippen LogP contribution in [0.1, 0.15) is 5.56 Å². The summed E-state index contributed by atoms with van der Waals surface area (Å²) in [5, 5.41) is 17.5. The zero-order valence-electron chi connectivity index (χ0n) is 7.96. The molecule has 17 heavy (non-hydrogen) atoms. The molecule has 0 aliphatic carbocycles. The van der Waals surface area contributed by atoms with Crippen LogP contribution in [0, 0.1) is 0 Å². The monoisotopic (exact) mass is 264 g/mol. The normalized spacial score (nSPS) is 12.0. The summed E-state index contributed by atoms with van der Waals surface area (Å²) in [6, 6.07) is 0.790. The third-order valence-corrected chi connectivity index (χ3v) is 2.37. The van der Waals surface area contributed by atoms with E-state index in [0.717, 1.165) is 6.07 Å². The number of aromatic nitrogens is 2. The van der Waals surface area contributed by atoms with Crippen molar-refractivity contribution in [1.29, 1.82) is 0 Å². The quantitative estimate of drug-likeness (QED) is 0.768. The third-order valence-electron chi connectivity index (χ3n) is 2.06. The zero-order valence-corrected chi connectivity index (χ0v) is 8.71. The fourth-order valence-electron chi connectivity index (χ4n) is 1.34. The summed E-state index contributed by atoms with van der Waals surface area (Å²) in [7, 11) is 0. The number of hydrogen-bond donors (Lipinski definition) is 2. The minimum absolute atomic E-state index is 0.0759. The summed E-state index contributed by atoms with van der Waals surface area (Å²) >= 11 is 5.45. The second-order valence-electron chi connectivity index (χ2n) is 3.19. The Bertz CT molecular complexity index is 601. The number of nitrogens with zero attached hydrogens (tertiary/aromatic N) is 2. The van der Waals surface area contributed by atoms with Gasteiger partial charge in [0.15, 0.2) is 0 Å². The first-order valence-electron chi connectivity index (χ1n) is 4.25. The molecule has 90 valence electrons. The summed E-state index contributed by atoms with van der Waals surface area (Å²) in [5.41, 5.74) is -1.18. The van der Waals surface area contributed by atoms with Gasteiger partial charge < -0.3 is 10.2 Å². The fraction of sp³-hybridized carbons (Fsp3) is 0.111. The van der Waals surface area contributed by atoms with Crippen LogP contribution in [0.5, 0.6) is 11.9 Å². The highest BCUT2D eigenvalue weighted by molar-refractivity contribution is 6.32. The molecule has 1 heterocycles. The minimum atomic E-state index is -4.64. The first-order valence-corrected chi connectivity index (χ1v) is 4.63. The largest absolute Gasteiger partial charge is 0.493 e. The first-order chi connectivity index (χ1) is 7.79. The SMILES string of the molecule is Oc1nc(O)c2cc(C(F)(F)F)c(Cl)cc2n1. The van der Waals surface area contributed by atoms with E-state index in [1.807, 2.05) is 0 Å². The lowest BCUT2D eigenvalue weighted by Crippen LogP contribution is -2.06. The summed E-state index contributed by atoms with van der Waals surface area (Å²) in [6.07, 6.45) is -4.64. The van der Waals surface area contributed by atoms with E-state index in [1.54, 1.807) is 0 Å². The van der Waals surface area contributed by atoms with Crippen LogP contribution in [0.15, 0.2) is 12.1 Å². The maximum Gasteiger partial charge on any atom is 0.417 e. The lowest BCUT2D eigenvalue weighted by atomic mass is 10.1. The van der Waals surface area contributed by atoms with Gasteiger partial charge in [0.1, 0.15) is 0 Å². The predicted octanol–water partition coefficient (Wildman–Crippen LogP) is 2.71. The summed E-state index contributed by atoms with van der Waals surface area (Å²) < 4.78 is 37.6. The van der Waals surface area contributed by atoms with E-state index in [2.05, 4.69) is 9.97 Å². The molecule has 4 nitrogen and oxygen atoms in total. The predicted molar refractivity (Wildman–Crippen MR) is 52.9 cm³/mol. The molecule has 2 aromatic rings. The van der Waals surface area contributed by atoms with E-state index in [9.17, 15) is 18.3 Å². The number of benzene rings is 1. The molecule has 0 amide bonds. The van der Waals surface area contributed by atoms with E-state index < -0.39 is 28.7 Å². The van der Waals surface area contributed by atoms with Crippen molar-refractivity contribution in [2.75, 3.05) is 0 Å². The molecule has 2 N–H and O–H groups in total. The van der Waals surface area contributed by atoms with Crippen molar-refractivity contribution in [3.8, 4) is 11.9 Å². The van der Waals surface area contributed by atoms with Crippen molar-refractivity contribution in [2.24, 2.45) is 0 Å². The van der Waals surface area contributed by atoms with Crippen LogP contribution in [-0.4, -0.2) is 20.2 Å². The molecule has 0 saturated heterocycles. The van der Waals surface area contributed by atoms with E-state index in [4.69, 9.17) is 16.7 Å². The van der Waals surface area contributed by atoms with E-state index in [1.165, 1.54) is 0 Å². The van der Waals surface area contributed by atoms with Crippen molar-refractivity contribution < 1.29 is 23.4 Å². The van der Waals surface area contributed by atoms with Gasteiger partial charge in [0, 0.05) is 0 Å². The molecule has 8 heteroatoms. The fourth-order valence-corrected chi connectivity index (χ4v) is 1.60. The molecule has 0 bridgehead atoms. The van der Waals surface area contributed by atoms with Gasteiger partial charge in [-0.1, -0.05) is 11.6 Å². The summed E-state index contributed by atoms with van der Waals surface area (Å²) in [5.74, 6) is -0.741. The van der Waals surface area contributed by atoms with Crippen LogP contribution < -0.4 is 0 Å². The highest BCUT2D eigenvalue weighted by Crippen LogP contribution is 2.38. The van der Waals surface area contributed by atoms with Gasteiger partial charge in [0.05, 0.1) is 21.5 Å². The zero-order chi connectivity index (χ0) is 12.8. The van der Waals surface area contributed by atoms with Gasteiger partial charge in [-0.25, -0.2) is 0 Å². The molecule has 0 fully saturated rings. The van der Waals surface area contributed by atoms with Crippen molar-refractivity contribution >= 4 is 22.5 Å². The molecule has 0 saturated carbocycles. The molecule has 1 aromatic heterocycles. The molecule has 0 radical (unpaired) electrons. The lowest BCUT2D eigenvalue weighted by molar-refractivity contribution is -0.137. The number of rotatable bonds is 0. The van der Waals surface area contributed by atoms with Crippen molar-refractivity contribution in [3.63, 3.8) is 0 Å². The molecular weight excluding hydrogens is 261 g/mol. The van der Waals surface area contributed by atoms with Gasteiger partial charge in [-0.05, 0) is 12.1 Å². The van der Waals surface area contributed by atoms with Crippen LogP contribution in [0.25, 0.3) is 10.9 Å². The Kier molecular flexibility index (Phi) is 2.50. The van der Waals surface area contributed by atoms with Crippen molar-refractivity contribution in [3.05, 3.63) is 22.7 Å². The van der Waals surface area contributed by atoms with Gasteiger partial charge in [-0.2, -0.15) is 23.1 Å². The van der Waals surface area contributed by atoms with Crippen LogP contribution in [-0.2, 0) is 6.18 Å². The van der Waals surface area contributed by atoms with E-state index in [0.29, 0.717) is 6.07 Å². The first kappa shape index (κ1) is 11.7. The average molecular weight is 265 g/mol. The maximum absolute atomic E-state index is 12.5. The molecule has 2 rings (SSSR count). The minimum Gasteiger partial charge on any atom is -0.493 e. The molecule has 0 atom stereocenters. The Hall–Kier alpha value is -1.76. The second-order valence-corrected chi connectivity index (χ2v) is 3.60. The molecule has 0 aliphatic heterocycles. The number of aromatic hydroxyl groups is 2. The van der Waals surface area contributed by atoms with Crippen LogP contribution >= 0.6 is 11.6 Å². The Morgan fingerprint density at radius 3 is 2.35 bits per heavy atom. The molecule has 0 aliphatic rings. The van der Waals surface area contributed by atoms with E-state index in [-0.39, 0.29) is 10.9 Å². The standard InChI is InChI=1S/C9H4ClF3N2O2/c10-5-2-6-3(1-4(5)9(11,12)13)7(16)15-8(17)14-6/h1-2H,(H2,14,15,16,17). The second kappa shape index (κ2) is 3.63. The smallest absolute Gasteiger partial charge is 0.417 e. The highest BCUT2D eigenvalue weighted by atomic mass is 35.5. The van der Waals surface area contributed by atoms with Crippen LogP contribution in [0.3, 0.4) is 0 Å². The summed E-state index contributed by atoms with van der Waals surface area (Å²) in [4.78, 5) is 6.60. The van der Waals surface area contributed by atoms with Gasteiger partial charge >= 0.3 is 12.2 Å². The number of fused-ring (bicyclic) bond motifs is 1. The van der Waals surface area contributed by atoms with Crippen molar-refractivity contribution in [2.45, 2.75) is 6.18 Å². The van der Waals surface area contributed by atoms with Gasteiger partial charge in [0.25, 0.3) is 0 Å². The summed E-state index contributed by atoms with van der Waals surface area (Å²) in [6.45, 7) is 0. The van der Waals surface area contributed by atoms with Crippen LogP contribution in [0.4, 0.5) is 13.2 Å². The lowest BCUT2D eigenvalue weighted by Gasteiger charge is -2.10. The number of alkyl halides is 3. The van der Waals surface area contributed by atoms with Crippen LogP contribution in [0.2, 0.25) is 5.02 Å². The van der Waals surface area contributed by atoms with Gasteiger partial charge in [0.2, 0.25) is 5.88 Å². The Morgan fingerprint density at radius 1 is 1.12 bits per heavy atom. The third kappa shape index (κ3) is 2.05. The molecule has 0 unspecified atom stereocenters. The number of hydrogen-bond acceptors (Lipinski definition) is 4. The Morgan fingerprint density at radius 2 is 1.76 bits per heavy atom. The topological polar surface area (TPSA) is 66.2 Å². The Labute approximate surface area is 97.3 Å². The van der Waals surface area contributed by atoms with Crippen molar-refractivity contribution in [1.82, 2.24) is 9.97 Å². The average Bonchev–Trinajstić information content (AvgIpc) is 2.13. The molecular formula is C9H4ClF3N2O2. The van der Waals surface area contributed by atoms with E-state index >= 15 is 0 Å². The highest BCUT2D eigenvalue weighted by Gasteiger charge is 2.34. The molecule has 0 spiro atoms. The van der Waals surface area contributed by atoms with Gasteiger partial charge in [-0.3, -0.25) is 0 Å². The molecule has 1 aromatic carbocycles. The van der Waals surface area contributed by atoms with Gasteiger partial charge in [-0.15, -0.1) is 0 Å². The Balaban J connectivity index is 2.81. The maximum atomic E-state index is 12.5.